The molecule has 8 nitrogen and oxygen atoms in total. The van der Waals surface area contributed by atoms with Gasteiger partial charge in [0.25, 0.3) is 5.56 Å². The molecule has 2 aromatic heterocycles. The maximum atomic E-state index is 13.3. The summed E-state index contributed by atoms with van der Waals surface area (Å²) in [5.41, 5.74) is 1.58. The molecule has 1 fully saturated rings. The van der Waals surface area contributed by atoms with Crippen LogP contribution in [0.3, 0.4) is 0 Å². The lowest BCUT2D eigenvalue weighted by Gasteiger charge is -2.24. The quantitative estimate of drug-likeness (QED) is 0.315. The molecule has 9 heteroatoms. The van der Waals surface area contributed by atoms with E-state index in [9.17, 15) is 4.79 Å². The van der Waals surface area contributed by atoms with Crippen molar-refractivity contribution in [3.05, 3.63) is 70.8 Å². The first-order valence-corrected chi connectivity index (χ1v) is 12.2. The van der Waals surface area contributed by atoms with Crippen LogP contribution in [-0.4, -0.2) is 52.6 Å². The Morgan fingerprint density at radius 1 is 1.00 bits per heavy atom. The van der Waals surface area contributed by atoms with E-state index in [-0.39, 0.29) is 5.56 Å². The van der Waals surface area contributed by atoms with Crippen LogP contribution in [0.2, 0.25) is 0 Å². The van der Waals surface area contributed by atoms with Crippen molar-refractivity contribution in [2.75, 3.05) is 32.8 Å². The first-order chi connectivity index (χ1) is 16.3. The monoisotopic (exact) mass is 464 g/mol. The van der Waals surface area contributed by atoms with E-state index in [1.165, 1.54) is 16.7 Å². The number of benzene rings is 2. The van der Waals surface area contributed by atoms with Gasteiger partial charge in [0.05, 0.1) is 36.4 Å². The second-order valence-corrected chi connectivity index (χ2v) is 8.93. The number of thioether (sulfide) groups is 1. The van der Waals surface area contributed by atoms with Crippen molar-refractivity contribution in [1.82, 2.24) is 19.7 Å². The van der Waals surface area contributed by atoms with E-state index in [1.54, 1.807) is 4.57 Å². The summed E-state index contributed by atoms with van der Waals surface area (Å²) in [5.74, 6) is 1.44. The van der Waals surface area contributed by atoms with Crippen molar-refractivity contribution in [1.29, 1.82) is 0 Å². The van der Waals surface area contributed by atoms with E-state index in [2.05, 4.69) is 10.2 Å². The van der Waals surface area contributed by atoms with Crippen molar-refractivity contribution in [2.24, 2.45) is 0 Å². The van der Waals surface area contributed by atoms with Crippen molar-refractivity contribution in [2.45, 2.75) is 23.9 Å². The van der Waals surface area contributed by atoms with Crippen LogP contribution in [0.1, 0.15) is 12.3 Å². The van der Waals surface area contributed by atoms with Gasteiger partial charge in [0.2, 0.25) is 11.8 Å². The Kier molecular flexibility index (Phi) is 6.80. The highest BCUT2D eigenvalue weighted by molar-refractivity contribution is 7.98. The van der Waals surface area contributed by atoms with Crippen LogP contribution >= 0.6 is 11.8 Å². The largest absolute Gasteiger partial charge is 0.420 e. The number of nitrogens with one attached hydrogen (secondary N) is 1. The number of rotatable bonds is 8. The molecule has 1 aliphatic rings. The Morgan fingerprint density at radius 3 is 2.64 bits per heavy atom. The van der Waals surface area contributed by atoms with Gasteiger partial charge in [0, 0.05) is 18.5 Å². The van der Waals surface area contributed by atoms with Gasteiger partial charge in [-0.05, 0) is 24.3 Å². The third kappa shape index (κ3) is 5.16. The van der Waals surface area contributed by atoms with Crippen LogP contribution in [-0.2, 0) is 17.0 Å². The summed E-state index contributed by atoms with van der Waals surface area (Å²) < 4.78 is 13.1. The number of ether oxygens (including phenoxy) is 1. The number of para-hydroxylation sites is 1. The highest BCUT2D eigenvalue weighted by Crippen LogP contribution is 2.24. The number of quaternary nitrogens is 1. The number of aromatic nitrogens is 4. The molecule has 0 saturated carbocycles. The normalized spacial score (nSPS) is 14.7. The fourth-order valence-corrected chi connectivity index (χ4v) is 4.85. The average molecular weight is 465 g/mol. The molecular formula is C24H26N5O3S+. The minimum Gasteiger partial charge on any atom is -0.420 e. The summed E-state index contributed by atoms with van der Waals surface area (Å²) in [5, 5.41) is 9.65. The number of morpholine rings is 1. The molecule has 1 aliphatic heterocycles. The molecule has 0 atom stereocenters. The van der Waals surface area contributed by atoms with E-state index in [1.807, 2.05) is 54.6 Å². The third-order valence-electron chi connectivity index (χ3n) is 5.75. The zero-order chi connectivity index (χ0) is 22.5. The van der Waals surface area contributed by atoms with Gasteiger partial charge in [0.1, 0.15) is 13.1 Å². The molecule has 0 amide bonds. The van der Waals surface area contributed by atoms with Gasteiger partial charge >= 0.3 is 0 Å². The second kappa shape index (κ2) is 10.3. The zero-order valence-corrected chi connectivity index (χ0v) is 19.1. The Morgan fingerprint density at radius 2 is 1.79 bits per heavy atom. The van der Waals surface area contributed by atoms with Gasteiger partial charge in [-0.2, -0.15) is 0 Å². The van der Waals surface area contributed by atoms with Crippen molar-refractivity contribution in [3.63, 3.8) is 0 Å². The number of hydrogen-bond acceptors (Lipinski definition) is 7. The van der Waals surface area contributed by atoms with Crippen LogP contribution in [0, 0.1) is 0 Å². The Labute approximate surface area is 195 Å². The van der Waals surface area contributed by atoms with E-state index in [0.717, 1.165) is 44.8 Å². The SMILES string of the molecule is O=c1c2ccccc2nc(SCc2nnc(-c3ccccc3)o2)n1CCC[NH+]1CCOCC1. The van der Waals surface area contributed by atoms with Gasteiger partial charge in [-0.3, -0.25) is 9.36 Å². The Balaban J connectivity index is 1.34. The zero-order valence-electron chi connectivity index (χ0n) is 18.3. The van der Waals surface area contributed by atoms with Crippen molar-refractivity contribution >= 4 is 22.7 Å². The number of nitrogens with zero attached hydrogens (tertiary/aromatic N) is 4. The summed E-state index contributed by atoms with van der Waals surface area (Å²) in [7, 11) is 0. The fourth-order valence-electron chi connectivity index (χ4n) is 3.99. The Hall–Kier alpha value is -3.01. The second-order valence-electron chi connectivity index (χ2n) is 7.99. The summed E-state index contributed by atoms with van der Waals surface area (Å²) >= 11 is 1.45. The maximum absolute atomic E-state index is 13.3. The summed E-state index contributed by atoms with van der Waals surface area (Å²) in [6.45, 7) is 5.30. The molecule has 3 heterocycles. The lowest BCUT2D eigenvalue weighted by molar-refractivity contribution is -0.908. The van der Waals surface area contributed by atoms with Crippen LogP contribution in [0.4, 0.5) is 0 Å². The molecule has 0 radical (unpaired) electrons. The number of fused-ring (bicyclic) bond motifs is 1. The average Bonchev–Trinajstić information content (AvgIpc) is 3.35. The first kappa shape index (κ1) is 21.8. The predicted octanol–water partition coefficient (Wildman–Crippen LogP) is 2.04. The topological polar surface area (TPSA) is 87.5 Å². The van der Waals surface area contributed by atoms with Crippen molar-refractivity contribution < 1.29 is 14.1 Å². The maximum Gasteiger partial charge on any atom is 0.262 e. The molecule has 2 aromatic carbocycles. The standard InChI is InChI=1S/C24H25N5O3S/c30-23-19-9-4-5-10-20(19)25-24(29(23)12-6-11-28-13-15-31-16-14-28)33-17-21-26-27-22(32-21)18-7-2-1-3-8-18/h1-5,7-10H,6,11-17H2/p+1. The van der Waals surface area contributed by atoms with E-state index in [0.29, 0.717) is 40.1 Å². The van der Waals surface area contributed by atoms with Crippen LogP contribution in [0.15, 0.2) is 69.0 Å². The molecule has 1 N–H and O–H groups in total. The molecule has 1 saturated heterocycles. The molecule has 170 valence electrons. The molecule has 4 aromatic rings. The van der Waals surface area contributed by atoms with E-state index < -0.39 is 0 Å². The van der Waals surface area contributed by atoms with Gasteiger partial charge in [0.15, 0.2) is 5.16 Å². The lowest BCUT2D eigenvalue weighted by Crippen LogP contribution is -3.14. The van der Waals surface area contributed by atoms with Gasteiger partial charge in [-0.25, -0.2) is 4.98 Å². The molecule has 0 aliphatic carbocycles. The highest BCUT2D eigenvalue weighted by Gasteiger charge is 2.17. The highest BCUT2D eigenvalue weighted by atomic mass is 32.2. The minimum atomic E-state index is -0.00409. The van der Waals surface area contributed by atoms with Gasteiger partial charge in [-0.1, -0.05) is 42.1 Å². The van der Waals surface area contributed by atoms with Gasteiger partial charge < -0.3 is 14.1 Å². The molecular weight excluding hydrogens is 438 g/mol. The minimum absolute atomic E-state index is 0.00409. The fraction of sp³-hybridized carbons (Fsp3) is 0.333. The van der Waals surface area contributed by atoms with E-state index >= 15 is 0 Å². The summed E-state index contributed by atoms with van der Waals surface area (Å²) in [6, 6.07) is 17.2. The molecule has 33 heavy (non-hydrogen) atoms. The van der Waals surface area contributed by atoms with Crippen LogP contribution in [0.5, 0.6) is 0 Å². The molecule has 0 bridgehead atoms. The summed E-state index contributed by atoms with van der Waals surface area (Å²) in [6.07, 6.45) is 0.904. The number of hydrogen-bond donors (Lipinski definition) is 1. The van der Waals surface area contributed by atoms with Crippen LogP contribution in [0.25, 0.3) is 22.4 Å². The molecule has 0 spiro atoms. The Bertz CT molecular complexity index is 1270. The third-order valence-corrected chi connectivity index (χ3v) is 6.71. The van der Waals surface area contributed by atoms with Gasteiger partial charge in [-0.15, -0.1) is 10.2 Å². The lowest BCUT2D eigenvalue weighted by atomic mass is 10.2. The summed E-state index contributed by atoms with van der Waals surface area (Å²) in [4.78, 5) is 19.6. The van der Waals surface area contributed by atoms with Crippen LogP contribution < -0.4 is 10.5 Å². The molecule has 0 unspecified atom stereocenters. The first-order valence-electron chi connectivity index (χ1n) is 11.2. The smallest absolute Gasteiger partial charge is 0.262 e. The molecule has 5 rings (SSSR count). The van der Waals surface area contributed by atoms with E-state index in [4.69, 9.17) is 14.1 Å². The van der Waals surface area contributed by atoms with Crippen molar-refractivity contribution in [3.8, 4) is 11.5 Å². The predicted molar refractivity (Wildman–Crippen MR) is 126 cm³/mol.